The van der Waals surface area contributed by atoms with Gasteiger partial charge in [-0.3, -0.25) is 4.79 Å². The lowest BCUT2D eigenvalue weighted by atomic mass is 9.44. The molecule has 0 heterocycles. The molecule has 0 aliphatic heterocycles. The van der Waals surface area contributed by atoms with Crippen molar-refractivity contribution in [2.45, 2.75) is 84.7 Å². The number of carbonyl (C=O) groups is 1. The predicted octanol–water partition coefficient (Wildman–Crippen LogP) is 4.60. The summed E-state index contributed by atoms with van der Waals surface area (Å²) in [6.45, 7) is 6.64. The molecule has 130 valence electrons. The molecule has 4 aliphatic carbocycles. The van der Waals surface area contributed by atoms with E-state index >= 15 is 0 Å². The van der Waals surface area contributed by atoms with Crippen molar-refractivity contribution in [3.8, 4) is 0 Å². The minimum absolute atomic E-state index is 0.0598. The number of ketones is 1. The molecule has 0 aromatic heterocycles. The molecule has 0 bridgehead atoms. The highest BCUT2D eigenvalue weighted by Gasteiger charge is 2.63. The standard InChI is InChI=1S/C21H34O2/c1-13(22)17-12-18(23)19-15-8-7-14-6-4-5-10-20(14,2)16(15)9-11-21(17,19)3/h14-19,23H,4-12H2,1-3H3/t14?,15-,16+,17-,18?,19-,20+,21-/m1/s1. The highest BCUT2D eigenvalue weighted by atomic mass is 16.3. The Morgan fingerprint density at radius 3 is 2.52 bits per heavy atom. The summed E-state index contributed by atoms with van der Waals surface area (Å²) < 4.78 is 0. The van der Waals surface area contributed by atoms with Gasteiger partial charge in [-0.05, 0) is 86.4 Å². The summed E-state index contributed by atoms with van der Waals surface area (Å²) in [6.07, 6.45) is 11.2. The molecule has 4 saturated carbocycles. The average molecular weight is 319 g/mol. The Morgan fingerprint density at radius 1 is 1.00 bits per heavy atom. The molecule has 4 fully saturated rings. The molecule has 4 aliphatic rings. The molecular weight excluding hydrogens is 284 g/mol. The maximum Gasteiger partial charge on any atom is 0.133 e. The zero-order chi connectivity index (χ0) is 16.4. The first-order valence-electron chi connectivity index (χ1n) is 10.1. The molecule has 0 radical (unpaired) electrons. The van der Waals surface area contributed by atoms with Gasteiger partial charge < -0.3 is 5.11 Å². The molecule has 8 atom stereocenters. The number of hydrogen-bond donors (Lipinski definition) is 1. The summed E-state index contributed by atoms with van der Waals surface area (Å²) in [5, 5.41) is 10.9. The van der Waals surface area contributed by atoms with E-state index in [2.05, 4.69) is 13.8 Å². The van der Waals surface area contributed by atoms with E-state index in [1.54, 1.807) is 6.92 Å². The van der Waals surface area contributed by atoms with Gasteiger partial charge >= 0.3 is 0 Å². The summed E-state index contributed by atoms with van der Waals surface area (Å²) in [5.41, 5.74) is 0.570. The second-order valence-corrected chi connectivity index (χ2v) is 9.83. The van der Waals surface area contributed by atoms with Crippen molar-refractivity contribution in [2.75, 3.05) is 0 Å². The smallest absolute Gasteiger partial charge is 0.133 e. The maximum atomic E-state index is 12.2. The lowest BCUT2D eigenvalue weighted by Gasteiger charge is -2.60. The number of hydrogen-bond acceptors (Lipinski definition) is 2. The fourth-order valence-electron chi connectivity index (χ4n) is 7.99. The van der Waals surface area contributed by atoms with Crippen molar-refractivity contribution in [1.82, 2.24) is 0 Å². The van der Waals surface area contributed by atoms with Crippen LogP contribution in [0.4, 0.5) is 0 Å². The van der Waals surface area contributed by atoms with Gasteiger partial charge in [-0.2, -0.15) is 0 Å². The third-order valence-electron chi connectivity index (χ3n) is 9.06. The predicted molar refractivity (Wildman–Crippen MR) is 91.9 cm³/mol. The van der Waals surface area contributed by atoms with Crippen molar-refractivity contribution in [2.24, 2.45) is 40.4 Å². The van der Waals surface area contributed by atoms with Crippen molar-refractivity contribution in [1.29, 1.82) is 0 Å². The van der Waals surface area contributed by atoms with Crippen molar-refractivity contribution in [3.05, 3.63) is 0 Å². The third kappa shape index (κ3) is 2.12. The molecule has 0 aromatic carbocycles. The van der Waals surface area contributed by atoms with Gasteiger partial charge in [-0.25, -0.2) is 0 Å². The van der Waals surface area contributed by atoms with Crippen molar-refractivity contribution in [3.63, 3.8) is 0 Å². The Balaban J connectivity index is 1.67. The molecule has 2 heteroatoms. The quantitative estimate of drug-likeness (QED) is 0.767. The second-order valence-electron chi connectivity index (χ2n) is 9.83. The summed E-state index contributed by atoms with van der Waals surface area (Å²) in [4.78, 5) is 12.2. The van der Waals surface area contributed by atoms with E-state index in [9.17, 15) is 9.90 Å². The molecule has 0 saturated heterocycles. The van der Waals surface area contributed by atoms with Crippen LogP contribution >= 0.6 is 0 Å². The van der Waals surface area contributed by atoms with Gasteiger partial charge in [0, 0.05) is 5.92 Å². The summed E-state index contributed by atoms with van der Waals surface area (Å²) in [7, 11) is 0. The number of aliphatic hydroxyl groups is 1. The van der Waals surface area contributed by atoms with Crippen molar-refractivity contribution >= 4 is 5.78 Å². The SMILES string of the molecule is CC(=O)[C@H]1CC(O)[C@H]2[C@@H]3CCC4CCCC[C@]4(C)[C@H]3CC[C@]12C. The van der Waals surface area contributed by atoms with Gasteiger partial charge in [-0.15, -0.1) is 0 Å². The second kappa shape index (κ2) is 5.31. The number of Topliss-reactive ketones (excluding diaryl/α,β-unsaturated/α-hetero) is 1. The molecule has 2 nitrogen and oxygen atoms in total. The zero-order valence-corrected chi connectivity index (χ0v) is 15.2. The van der Waals surface area contributed by atoms with Gasteiger partial charge in [0.05, 0.1) is 6.10 Å². The molecular formula is C21H34O2. The van der Waals surface area contributed by atoms with Crippen LogP contribution in [0.2, 0.25) is 0 Å². The number of fused-ring (bicyclic) bond motifs is 5. The van der Waals surface area contributed by atoms with Crippen LogP contribution in [0, 0.1) is 40.4 Å². The lowest BCUT2D eigenvalue weighted by Crippen LogP contribution is -2.54. The van der Waals surface area contributed by atoms with Gasteiger partial charge in [-0.1, -0.05) is 26.7 Å². The van der Waals surface area contributed by atoms with E-state index in [-0.39, 0.29) is 17.4 Å². The van der Waals surface area contributed by atoms with E-state index in [0.717, 1.165) is 24.7 Å². The normalized spacial score (nSPS) is 55.7. The highest BCUT2D eigenvalue weighted by Crippen LogP contribution is 2.67. The van der Waals surface area contributed by atoms with Crippen LogP contribution in [0.5, 0.6) is 0 Å². The number of aliphatic hydroxyl groups excluding tert-OH is 1. The monoisotopic (exact) mass is 318 g/mol. The fraction of sp³-hybridized carbons (Fsp3) is 0.952. The van der Waals surface area contributed by atoms with Crippen LogP contribution in [-0.2, 0) is 4.79 Å². The third-order valence-corrected chi connectivity index (χ3v) is 9.06. The van der Waals surface area contributed by atoms with Crippen LogP contribution in [-0.4, -0.2) is 17.0 Å². The molecule has 4 rings (SSSR count). The topological polar surface area (TPSA) is 37.3 Å². The Hall–Kier alpha value is -0.370. The summed E-state index contributed by atoms with van der Waals surface area (Å²) in [5.74, 6) is 3.15. The van der Waals surface area contributed by atoms with Crippen LogP contribution in [0.1, 0.15) is 78.6 Å². The lowest BCUT2D eigenvalue weighted by molar-refractivity contribution is -0.138. The van der Waals surface area contributed by atoms with Gasteiger partial charge in [0.15, 0.2) is 0 Å². The summed E-state index contributed by atoms with van der Waals surface area (Å²) >= 11 is 0. The van der Waals surface area contributed by atoms with Crippen molar-refractivity contribution < 1.29 is 9.90 Å². The van der Waals surface area contributed by atoms with E-state index in [4.69, 9.17) is 0 Å². The minimum Gasteiger partial charge on any atom is -0.393 e. The van der Waals surface area contributed by atoms with E-state index < -0.39 is 0 Å². The average Bonchev–Trinajstić information content (AvgIpc) is 2.78. The van der Waals surface area contributed by atoms with Crippen LogP contribution in [0.3, 0.4) is 0 Å². The largest absolute Gasteiger partial charge is 0.393 e. The minimum atomic E-state index is -0.245. The van der Waals surface area contributed by atoms with Crippen LogP contribution in [0.25, 0.3) is 0 Å². The molecule has 1 N–H and O–H groups in total. The Labute approximate surface area is 141 Å². The van der Waals surface area contributed by atoms with Crippen LogP contribution in [0.15, 0.2) is 0 Å². The maximum absolute atomic E-state index is 12.2. The van der Waals surface area contributed by atoms with E-state index in [0.29, 0.717) is 23.0 Å². The number of rotatable bonds is 1. The Kier molecular flexibility index (Phi) is 3.72. The van der Waals surface area contributed by atoms with Crippen LogP contribution < -0.4 is 0 Å². The number of carbonyl (C=O) groups excluding carboxylic acids is 1. The molecule has 0 amide bonds. The van der Waals surface area contributed by atoms with E-state index in [1.807, 2.05) is 0 Å². The Morgan fingerprint density at radius 2 is 1.78 bits per heavy atom. The molecule has 2 unspecified atom stereocenters. The van der Waals surface area contributed by atoms with Gasteiger partial charge in [0.1, 0.15) is 5.78 Å². The van der Waals surface area contributed by atoms with Gasteiger partial charge in [0.2, 0.25) is 0 Å². The Bertz CT molecular complexity index is 500. The highest BCUT2D eigenvalue weighted by molar-refractivity contribution is 5.79. The molecule has 23 heavy (non-hydrogen) atoms. The zero-order valence-electron chi connectivity index (χ0n) is 15.2. The van der Waals surface area contributed by atoms with E-state index in [1.165, 1.54) is 44.9 Å². The molecule has 0 spiro atoms. The first kappa shape index (κ1) is 16.1. The molecule has 0 aromatic rings. The first-order valence-corrected chi connectivity index (χ1v) is 10.1. The first-order chi connectivity index (χ1) is 10.9. The summed E-state index contributed by atoms with van der Waals surface area (Å²) in [6, 6.07) is 0. The fourth-order valence-corrected chi connectivity index (χ4v) is 7.99. The van der Waals surface area contributed by atoms with Gasteiger partial charge in [0.25, 0.3) is 0 Å².